The first-order chi connectivity index (χ1) is 9.28. The van der Waals surface area contributed by atoms with Crippen LogP contribution in [0.25, 0.3) is 0 Å². The van der Waals surface area contributed by atoms with Crippen molar-refractivity contribution < 1.29 is 9.53 Å². The molecule has 102 valence electrons. The van der Waals surface area contributed by atoms with E-state index >= 15 is 0 Å². The van der Waals surface area contributed by atoms with E-state index in [1.165, 1.54) is 18.4 Å². The molecule has 0 aromatic heterocycles. The van der Waals surface area contributed by atoms with Gasteiger partial charge < -0.3 is 4.74 Å². The summed E-state index contributed by atoms with van der Waals surface area (Å²) < 4.78 is 5.79. The van der Waals surface area contributed by atoms with Crippen LogP contribution in [0.5, 0.6) is 5.75 Å². The number of hydrogen-bond acceptors (Lipinski definition) is 2. The zero-order valence-electron chi connectivity index (χ0n) is 11.7. The second kappa shape index (κ2) is 5.36. The predicted octanol–water partition coefficient (Wildman–Crippen LogP) is 4.02. The summed E-state index contributed by atoms with van der Waals surface area (Å²) in [6.07, 6.45) is 6.76. The topological polar surface area (TPSA) is 26.3 Å². The lowest BCUT2D eigenvalue weighted by molar-refractivity contribution is 0.0894. The van der Waals surface area contributed by atoms with Gasteiger partial charge in [-0.05, 0) is 61.8 Å². The number of Topliss-reactive ketones (excluding diaryl/α,β-unsaturated/α-hetero) is 1. The monoisotopic (exact) mass is 258 g/mol. The predicted molar refractivity (Wildman–Crippen MR) is 75.7 cm³/mol. The average molecular weight is 258 g/mol. The summed E-state index contributed by atoms with van der Waals surface area (Å²) in [7, 11) is 0. The molecule has 0 saturated heterocycles. The van der Waals surface area contributed by atoms with Crippen molar-refractivity contribution >= 4 is 5.78 Å². The minimum absolute atomic E-state index is 0.246. The molecule has 0 amide bonds. The second-order valence-corrected chi connectivity index (χ2v) is 5.96. The lowest BCUT2D eigenvalue weighted by Gasteiger charge is -2.23. The van der Waals surface area contributed by atoms with Crippen molar-refractivity contribution in [3.05, 3.63) is 29.3 Å². The Balaban J connectivity index is 1.72. The van der Waals surface area contributed by atoms with Crippen molar-refractivity contribution in [3.63, 3.8) is 0 Å². The molecule has 19 heavy (non-hydrogen) atoms. The molecule has 0 radical (unpaired) electrons. The minimum Gasteiger partial charge on any atom is -0.493 e. The summed E-state index contributed by atoms with van der Waals surface area (Å²) in [5.41, 5.74) is 2.12. The number of benzene rings is 1. The standard InChI is InChI=1S/C17H22O2/c1-2-3-13-6-7-14-10-15(19-11-12-4-5-12)8-9-16(14)17(13)18/h8-10,12-13H,2-7,11H2,1H3. The molecule has 1 atom stereocenters. The van der Waals surface area contributed by atoms with Gasteiger partial charge in [0, 0.05) is 11.5 Å². The van der Waals surface area contributed by atoms with E-state index in [1.54, 1.807) is 0 Å². The molecular weight excluding hydrogens is 236 g/mol. The average Bonchev–Trinajstić information content (AvgIpc) is 3.24. The molecule has 1 aromatic carbocycles. The van der Waals surface area contributed by atoms with Crippen LogP contribution in [-0.2, 0) is 6.42 Å². The van der Waals surface area contributed by atoms with Crippen molar-refractivity contribution in [2.24, 2.45) is 11.8 Å². The highest BCUT2D eigenvalue weighted by atomic mass is 16.5. The minimum atomic E-state index is 0.246. The fraction of sp³-hybridized carbons (Fsp3) is 0.588. The largest absolute Gasteiger partial charge is 0.493 e. The SMILES string of the molecule is CCCC1CCc2cc(OCC3CC3)ccc2C1=O. The van der Waals surface area contributed by atoms with Crippen molar-refractivity contribution in [1.29, 1.82) is 0 Å². The highest BCUT2D eigenvalue weighted by molar-refractivity contribution is 6.00. The van der Waals surface area contributed by atoms with Gasteiger partial charge in [-0.15, -0.1) is 0 Å². The van der Waals surface area contributed by atoms with Crippen molar-refractivity contribution in [3.8, 4) is 5.75 Å². The first-order valence-electron chi connectivity index (χ1n) is 7.58. The molecule has 2 nitrogen and oxygen atoms in total. The molecule has 0 spiro atoms. The van der Waals surface area contributed by atoms with E-state index in [4.69, 9.17) is 4.74 Å². The smallest absolute Gasteiger partial charge is 0.166 e. The van der Waals surface area contributed by atoms with Gasteiger partial charge in [-0.1, -0.05) is 13.3 Å². The van der Waals surface area contributed by atoms with Crippen LogP contribution in [0, 0.1) is 11.8 Å². The van der Waals surface area contributed by atoms with E-state index in [9.17, 15) is 4.79 Å². The van der Waals surface area contributed by atoms with Crippen LogP contribution in [0.2, 0.25) is 0 Å². The van der Waals surface area contributed by atoms with Crippen molar-refractivity contribution in [2.75, 3.05) is 6.61 Å². The van der Waals surface area contributed by atoms with Crippen LogP contribution in [-0.4, -0.2) is 12.4 Å². The Hall–Kier alpha value is -1.31. The van der Waals surface area contributed by atoms with Gasteiger partial charge in [0.1, 0.15) is 5.75 Å². The van der Waals surface area contributed by atoms with Crippen LogP contribution in [0.3, 0.4) is 0 Å². The highest BCUT2D eigenvalue weighted by Gasteiger charge is 2.27. The maximum Gasteiger partial charge on any atom is 0.166 e. The number of ether oxygens (including phenoxy) is 1. The number of ketones is 1. The summed E-state index contributed by atoms with van der Waals surface area (Å²) in [6.45, 7) is 2.99. The first-order valence-corrected chi connectivity index (χ1v) is 7.58. The van der Waals surface area contributed by atoms with Crippen LogP contribution < -0.4 is 4.74 Å². The summed E-state index contributed by atoms with van der Waals surface area (Å²) in [6, 6.07) is 6.02. The van der Waals surface area contributed by atoms with E-state index < -0.39 is 0 Å². The molecule has 0 bridgehead atoms. The van der Waals surface area contributed by atoms with Gasteiger partial charge in [-0.3, -0.25) is 4.79 Å². The van der Waals surface area contributed by atoms with E-state index in [1.807, 2.05) is 12.1 Å². The number of rotatable bonds is 5. The van der Waals surface area contributed by atoms with Crippen molar-refractivity contribution in [1.82, 2.24) is 0 Å². The van der Waals surface area contributed by atoms with Gasteiger partial charge in [0.05, 0.1) is 6.61 Å². The number of carbonyl (C=O) groups excluding carboxylic acids is 1. The van der Waals surface area contributed by atoms with Crippen LogP contribution >= 0.6 is 0 Å². The highest BCUT2D eigenvalue weighted by Crippen LogP contribution is 2.32. The summed E-state index contributed by atoms with van der Waals surface area (Å²) >= 11 is 0. The molecule has 0 aliphatic heterocycles. The molecule has 0 heterocycles. The Labute approximate surface area is 115 Å². The quantitative estimate of drug-likeness (QED) is 0.797. The van der Waals surface area contributed by atoms with Gasteiger partial charge in [0.25, 0.3) is 0 Å². The van der Waals surface area contributed by atoms with Gasteiger partial charge in [0.2, 0.25) is 0 Å². The summed E-state index contributed by atoms with van der Waals surface area (Å²) in [5, 5.41) is 0. The number of carbonyl (C=O) groups is 1. The molecule has 0 N–H and O–H groups in total. The number of fused-ring (bicyclic) bond motifs is 1. The molecule has 1 unspecified atom stereocenters. The summed E-state index contributed by atoms with van der Waals surface area (Å²) in [4.78, 5) is 12.4. The third-order valence-corrected chi connectivity index (χ3v) is 4.29. The lowest BCUT2D eigenvalue weighted by Crippen LogP contribution is -2.22. The molecule has 3 rings (SSSR count). The van der Waals surface area contributed by atoms with Gasteiger partial charge in [-0.2, -0.15) is 0 Å². The fourth-order valence-corrected chi connectivity index (χ4v) is 2.91. The maximum absolute atomic E-state index is 12.4. The number of aryl methyl sites for hydroxylation is 1. The Morgan fingerprint density at radius 1 is 1.26 bits per heavy atom. The molecule has 1 fully saturated rings. The maximum atomic E-state index is 12.4. The molecule has 1 saturated carbocycles. The van der Waals surface area contributed by atoms with Crippen LogP contribution in [0.4, 0.5) is 0 Å². The summed E-state index contributed by atoms with van der Waals surface area (Å²) in [5.74, 6) is 2.30. The molecule has 2 heteroatoms. The van der Waals surface area contributed by atoms with Gasteiger partial charge in [-0.25, -0.2) is 0 Å². The molecule has 1 aromatic rings. The molecule has 2 aliphatic rings. The normalized spacial score (nSPS) is 22.2. The Morgan fingerprint density at radius 3 is 2.84 bits per heavy atom. The third-order valence-electron chi connectivity index (χ3n) is 4.29. The van der Waals surface area contributed by atoms with Crippen LogP contribution in [0.15, 0.2) is 18.2 Å². The van der Waals surface area contributed by atoms with E-state index in [0.29, 0.717) is 5.78 Å². The van der Waals surface area contributed by atoms with E-state index in [-0.39, 0.29) is 5.92 Å². The zero-order valence-corrected chi connectivity index (χ0v) is 11.7. The van der Waals surface area contributed by atoms with Crippen LogP contribution in [0.1, 0.15) is 54.9 Å². The zero-order chi connectivity index (χ0) is 13.2. The van der Waals surface area contributed by atoms with Crippen molar-refractivity contribution in [2.45, 2.75) is 45.4 Å². The van der Waals surface area contributed by atoms with Gasteiger partial charge in [0.15, 0.2) is 5.78 Å². The fourth-order valence-electron chi connectivity index (χ4n) is 2.91. The molecule has 2 aliphatic carbocycles. The Bertz CT molecular complexity index is 474. The Morgan fingerprint density at radius 2 is 2.11 bits per heavy atom. The third kappa shape index (κ3) is 2.83. The van der Waals surface area contributed by atoms with E-state index in [0.717, 1.165) is 49.5 Å². The van der Waals surface area contributed by atoms with E-state index in [2.05, 4.69) is 13.0 Å². The second-order valence-electron chi connectivity index (χ2n) is 5.96. The number of hydrogen-bond donors (Lipinski definition) is 0. The first kappa shape index (κ1) is 12.7. The lowest BCUT2D eigenvalue weighted by atomic mass is 9.80. The van der Waals surface area contributed by atoms with Gasteiger partial charge >= 0.3 is 0 Å². The Kier molecular flexibility index (Phi) is 3.58. The molecular formula is C17H22O2.